The van der Waals surface area contributed by atoms with Gasteiger partial charge in [0, 0.05) is 24.7 Å². The minimum absolute atomic E-state index is 0.0538. The highest BCUT2D eigenvalue weighted by molar-refractivity contribution is 6.32. The summed E-state index contributed by atoms with van der Waals surface area (Å²) in [6.45, 7) is 0.0743. The summed E-state index contributed by atoms with van der Waals surface area (Å²) in [7, 11) is 1.36. The topological polar surface area (TPSA) is 146 Å². The van der Waals surface area contributed by atoms with Crippen LogP contribution in [0.25, 0.3) is 0 Å². The monoisotopic (exact) mass is 422 g/mol. The van der Waals surface area contributed by atoms with E-state index in [2.05, 4.69) is 10.6 Å². The Morgan fingerprint density at radius 3 is 2.62 bits per heavy atom. The van der Waals surface area contributed by atoms with Gasteiger partial charge in [-0.2, -0.15) is 0 Å². The maximum absolute atomic E-state index is 12.4. The number of hydrogen-bond acceptors (Lipinski definition) is 7. The SMILES string of the molecule is COc1cc(C(=O)NCCNc2ccccc2[N+](=O)[O-])cc(Cl)c1OCC(N)=O. The van der Waals surface area contributed by atoms with E-state index in [9.17, 15) is 19.7 Å². The lowest BCUT2D eigenvalue weighted by Crippen LogP contribution is -2.29. The molecule has 0 aliphatic rings. The van der Waals surface area contributed by atoms with Crippen molar-refractivity contribution in [2.24, 2.45) is 5.73 Å². The van der Waals surface area contributed by atoms with Gasteiger partial charge in [0.1, 0.15) is 5.69 Å². The molecule has 0 radical (unpaired) electrons. The number of amides is 2. The highest BCUT2D eigenvalue weighted by atomic mass is 35.5. The molecule has 10 nitrogen and oxygen atoms in total. The first-order chi connectivity index (χ1) is 13.8. The van der Waals surface area contributed by atoms with Crippen LogP contribution in [0, 0.1) is 10.1 Å². The van der Waals surface area contributed by atoms with Crippen molar-refractivity contribution in [2.75, 3.05) is 32.1 Å². The Kier molecular flexibility index (Phi) is 7.61. The van der Waals surface area contributed by atoms with Crippen molar-refractivity contribution in [3.8, 4) is 11.5 Å². The fraction of sp³-hybridized carbons (Fsp3) is 0.222. The molecular weight excluding hydrogens is 404 g/mol. The first kappa shape index (κ1) is 21.8. The number of ether oxygens (including phenoxy) is 2. The number of nitrogens with zero attached hydrogens (tertiary/aromatic N) is 1. The molecule has 0 atom stereocenters. The smallest absolute Gasteiger partial charge is 0.292 e. The van der Waals surface area contributed by atoms with Gasteiger partial charge in [0.25, 0.3) is 17.5 Å². The van der Waals surface area contributed by atoms with Gasteiger partial charge in [-0.25, -0.2) is 0 Å². The van der Waals surface area contributed by atoms with E-state index in [0.29, 0.717) is 5.69 Å². The Morgan fingerprint density at radius 1 is 1.24 bits per heavy atom. The number of carbonyl (C=O) groups excluding carboxylic acids is 2. The number of halogens is 1. The number of hydrogen-bond donors (Lipinski definition) is 3. The number of rotatable bonds is 10. The van der Waals surface area contributed by atoms with Gasteiger partial charge < -0.3 is 25.8 Å². The third-order valence-corrected chi connectivity index (χ3v) is 3.96. The van der Waals surface area contributed by atoms with E-state index in [1.54, 1.807) is 18.2 Å². The lowest BCUT2D eigenvalue weighted by Gasteiger charge is -2.13. The fourth-order valence-electron chi connectivity index (χ4n) is 2.39. The average Bonchev–Trinajstić information content (AvgIpc) is 2.69. The Hall–Kier alpha value is -3.53. The molecule has 0 aromatic heterocycles. The number of nitrogens with two attached hydrogens (primary N) is 1. The van der Waals surface area contributed by atoms with E-state index in [1.165, 1.54) is 25.3 Å². The lowest BCUT2D eigenvalue weighted by molar-refractivity contribution is -0.384. The van der Waals surface area contributed by atoms with E-state index < -0.39 is 16.7 Å². The number of carbonyl (C=O) groups is 2. The van der Waals surface area contributed by atoms with Crippen molar-refractivity contribution in [2.45, 2.75) is 0 Å². The molecule has 0 fully saturated rings. The normalized spacial score (nSPS) is 10.1. The quantitative estimate of drug-likeness (QED) is 0.301. The van der Waals surface area contributed by atoms with Crippen LogP contribution in [0.5, 0.6) is 11.5 Å². The number of primary amides is 1. The van der Waals surface area contributed by atoms with Crippen LogP contribution in [0.15, 0.2) is 36.4 Å². The second-order valence-electron chi connectivity index (χ2n) is 5.70. The number of nitrogens with one attached hydrogen (secondary N) is 2. The molecule has 154 valence electrons. The molecule has 0 saturated heterocycles. The first-order valence-corrected chi connectivity index (χ1v) is 8.75. The fourth-order valence-corrected chi connectivity index (χ4v) is 2.66. The van der Waals surface area contributed by atoms with E-state index in [1.807, 2.05) is 0 Å². The highest BCUT2D eigenvalue weighted by Crippen LogP contribution is 2.36. The van der Waals surface area contributed by atoms with Gasteiger partial charge in [0.2, 0.25) is 0 Å². The van der Waals surface area contributed by atoms with Gasteiger partial charge in [0.15, 0.2) is 18.1 Å². The molecule has 29 heavy (non-hydrogen) atoms. The molecule has 11 heteroatoms. The molecule has 2 aromatic rings. The molecule has 0 heterocycles. The second-order valence-corrected chi connectivity index (χ2v) is 6.11. The van der Waals surface area contributed by atoms with Gasteiger partial charge in [-0.15, -0.1) is 0 Å². The molecule has 2 aromatic carbocycles. The summed E-state index contributed by atoms with van der Waals surface area (Å²) in [6, 6.07) is 8.98. The van der Waals surface area contributed by atoms with Crippen LogP contribution in [0.4, 0.5) is 11.4 Å². The predicted molar refractivity (Wildman–Crippen MR) is 107 cm³/mol. The number of methoxy groups -OCH3 is 1. The Morgan fingerprint density at radius 2 is 1.97 bits per heavy atom. The zero-order valence-electron chi connectivity index (χ0n) is 15.4. The van der Waals surface area contributed by atoms with Gasteiger partial charge in [-0.3, -0.25) is 19.7 Å². The van der Waals surface area contributed by atoms with Gasteiger partial charge in [0.05, 0.1) is 17.1 Å². The van der Waals surface area contributed by atoms with E-state index in [-0.39, 0.29) is 47.5 Å². The van der Waals surface area contributed by atoms with Gasteiger partial charge >= 0.3 is 0 Å². The Bertz CT molecular complexity index is 921. The van der Waals surface area contributed by atoms with E-state index >= 15 is 0 Å². The van der Waals surface area contributed by atoms with Crippen molar-refractivity contribution in [1.82, 2.24) is 5.32 Å². The Balaban J connectivity index is 1.98. The number of nitro benzene ring substituents is 1. The predicted octanol–water partition coefficient (Wildman–Crippen LogP) is 1.96. The Labute approximate surface area is 171 Å². The summed E-state index contributed by atoms with van der Waals surface area (Å²) >= 11 is 6.12. The standard InChI is InChI=1S/C18H19ClN4O6/c1-28-15-9-11(8-12(19)17(15)29-10-16(20)24)18(25)22-7-6-21-13-4-2-3-5-14(13)23(26)27/h2-5,8-9,21H,6-7,10H2,1H3,(H2,20,24)(H,22,25). The third-order valence-electron chi connectivity index (χ3n) is 3.68. The summed E-state index contributed by atoms with van der Waals surface area (Å²) in [5.74, 6) is -0.850. The van der Waals surface area contributed by atoms with Crippen molar-refractivity contribution in [3.05, 3.63) is 57.1 Å². The maximum atomic E-state index is 12.4. The second kappa shape index (κ2) is 10.1. The molecule has 4 N–H and O–H groups in total. The molecule has 0 spiro atoms. The van der Waals surface area contributed by atoms with Crippen LogP contribution in [0.2, 0.25) is 5.02 Å². The average molecular weight is 423 g/mol. The van der Waals surface area contributed by atoms with Crippen LogP contribution in [-0.4, -0.2) is 43.5 Å². The van der Waals surface area contributed by atoms with Crippen LogP contribution in [0.1, 0.15) is 10.4 Å². The highest BCUT2D eigenvalue weighted by Gasteiger charge is 2.17. The lowest BCUT2D eigenvalue weighted by atomic mass is 10.2. The zero-order chi connectivity index (χ0) is 21.4. The van der Waals surface area contributed by atoms with Crippen LogP contribution in [0.3, 0.4) is 0 Å². The molecule has 2 rings (SSSR count). The molecule has 0 aliphatic heterocycles. The first-order valence-electron chi connectivity index (χ1n) is 8.37. The summed E-state index contributed by atoms with van der Waals surface area (Å²) in [4.78, 5) is 33.7. The molecule has 0 bridgehead atoms. The summed E-state index contributed by atoms with van der Waals surface area (Å²) in [5, 5.41) is 16.6. The van der Waals surface area contributed by atoms with E-state index in [0.717, 1.165) is 0 Å². The molecular formula is C18H19ClN4O6. The number of benzene rings is 2. The molecule has 0 aliphatic carbocycles. The summed E-state index contributed by atoms with van der Waals surface area (Å²) in [6.07, 6.45) is 0. The molecule has 2 amide bonds. The van der Waals surface area contributed by atoms with Crippen molar-refractivity contribution in [1.29, 1.82) is 0 Å². The maximum Gasteiger partial charge on any atom is 0.292 e. The summed E-state index contributed by atoms with van der Waals surface area (Å²) < 4.78 is 10.4. The van der Waals surface area contributed by atoms with Crippen molar-refractivity contribution < 1.29 is 24.0 Å². The zero-order valence-corrected chi connectivity index (χ0v) is 16.2. The third kappa shape index (κ3) is 5.98. The van der Waals surface area contributed by atoms with Crippen LogP contribution in [-0.2, 0) is 4.79 Å². The van der Waals surface area contributed by atoms with Gasteiger partial charge in [-0.1, -0.05) is 23.7 Å². The number of anilines is 1. The number of nitro groups is 1. The summed E-state index contributed by atoms with van der Waals surface area (Å²) in [5.41, 5.74) is 5.55. The minimum Gasteiger partial charge on any atom is -0.493 e. The number of para-hydroxylation sites is 2. The van der Waals surface area contributed by atoms with Gasteiger partial charge in [-0.05, 0) is 18.2 Å². The molecule has 0 unspecified atom stereocenters. The molecule has 0 saturated carbocycles. The van der Waals surface area contributed by atoms with Crippen molar-refractivity contribution >= 4 is 34.8 Å². The van der Waals surface area contributed by atoms with Crippen LogP contribution < -0.4 is 25.8 Å². The van der Waals surface area contributed by atoms with E-state index in [4.69, 9.17) is 26.8 Å². The van der Waals surface area contributed by atoms with Crippen molar-refractivity contribution in [3.63, 3.8) is 0 Å². The largest absolute Gasteiger partial charge is 0.493 e. The minimum atomic E-state index is -0.684. The van der Waals surface area contributed by atoms with Crippen LogP contribution >= 0.6 is 11.6 Å².